The van der Waals surface area contributed by atoms with Crippen molar-refractivity contribution in [3.8, 4) is 5.75 Å². The molecule has 1 rings (SSSR count). The molecule has 0 fully saturated rings. The number of nitrogens with one attached hydrogen (secondary N) is 1. The van der Waals surface area contributed by atoms with E-state index in [4.69, 9.17) is 4.74 Å². The first kappa shape index (κ1) is 15.5. The number of rotatable bonds is 8. The summed E-state index contributed by atoms with van der Waals surface area (Å²) in [6.45, 7) is 8.69. The topological polar surface area (TPSA) is 56.1 Å². The van der Waals surface area contributed by atoms with Crippen LogP contribution in [0.5, 0.6) is 5.75 Å². The SMILES string of the molecule is CCCCCNC(=O)C(C)Oc1cnn(C(C)C)c1. The van der Waals surface area contributed by atoms with Crippen molar-refractivity contribution < 1.29 is 9.53 Å². The molecule has 0 spiro atoms. The molecule has 0 radical (unpaired) electrons. The van der Waals surface area contributed by atoms with E-state index in [-0.39, 0.29) is 11.9 Å². The molecule has 0 aliphatic heterocycles. The van der Waals surface area contributed by atoms with Crippen LogP contribution in [0.15, 0.2) is 12.4 Å². The predicted molar refractivity (Wildman–Crippen MR) is 75.2 cm³/mol. The number of hydrogen-bond acceptors (Lipinski definition) is 3. The second-order valence-corrected chi connectivity index (χ2v) is 5.01. The van der Waals surface area contributed by atoms with E-state index in [2.05, 4.69) is 17.3 Å². The number of amides is 1. The summed E-state index contributed by atoms with van der Waals surface area (Å²) in [5.74, 6) is 0.554. The normalized spacial score (nSPS) is 12.5. The van der Waals surface area contributed by atoms with Gasteiger partial charge < -0.3 is 10.1 Å². The number of hydrogen-bond donors (Lipinski definition) is 1. The zero-order valence-electron chi connectivity index (χ0n) is 12.3. The van der Waals surface area contributed by atoms with E-state index in [9.17, 15) is 4.79 Å². The minimum absolute atomic E-state index is 0.0756. The lowest BCUT2D eigenvalue weighted by Crippen LogP contribution is -2.36. The minimum atomic E-state index is -0.494. The molecule has 1 amide bonds. The smallest absolute Gasteiger partial charge is 0.260 e. The Morgan fingerprint density at radius 1 is 1.42 bits per heavy atom. The molecule has 0 saturated carbocycles. The van der Waals surface area contributed by atoms with Crippen LogP contribution >= 0.6 is 0 Å². The maximum absolute atomic E-state index is 11.8. The maximum atomic E-state index is 11.8. The summed E-state index contributed by atoms with van der Waals surface area (Å²) in [6, 6.07) is 0.288. The fourth-order valence-electron chi connectivity index (χ4n) is 1.65. The third-order valence-corrected chi connectivity index (χ3v) is 2.87. The monoisotopic (exact) mass is 267 g/mol. The molecule has 0 aromatic carbocycles. The van der Waals surface area contributed by atoms with E-state index in [0.29, 0.717) is 12.3 Å². The Labute approximate surface area is 115 Å². The number of ether oxygens (including phenoxy) is 1. The number of unbranched alkanes of at least 4 members (excludes halogenated alkanes) is 2. The number of nitrogens with zero attached hydrogens (tertiary/aromatic N) is 2. The van der Waals surface area contributed by atoms with Gasteiger partial charge in [-0.25, -0.2) is 0 Å². The zero-order valence-corrected chi connectivity index (χ0v) is 12.3. The van der Waals surface area contributed by atoms with Gasteiger partial charge in [-0.15, -0.1) is 0 Å². The molecule has 1 unspecified atom stereocenters. The average Bonchev–Trinajstić information content (AvgIpc) is 2.83. The highest BCUT2D eigenvalue weighted by Crippen LogP contribution is 2.14. The lowest BCUT2D eigenvalue weighted by Gasteiger charge is -2.13. The molecule has 0 bridgehead atoms. The summed E-state index contributed by atoms with van der Waals surface area (Å²) in [6.07, 6.45) is 6.26. The summed E-state index contributed by atoms with van der Waals surface area (Å²) in [5, 5.41) is 7.05. The van der Waals surface area contributed by atoms with Gasteiger partial charge >= 0.3 is 0 Å². The molecule has 1 aromatic heterocycles. The molecule has 1 aromatic rings. The van der Waals surface area contributed by atoms with E-state index in [1.54, 1.807) is 17.8 Å². The Hall–Kier alpha value is -1.52. The highest BCUT2D eigenvalue weighted by Gasteiger charge is 2.15. The van der Waals surface area contributed by atoms with Gasteiger partial charge in [0.05, 0.1) is 12.4 Å². The molecule has 108 valence electrons. The van der Waals surface area contributed by atoms with Crippen molar-refractivity contribution in [3.05, 3.63) is 12.4 Å². The first-order valence-corrected chi connectivity index (χ1v) is 7.03. The third kappa shape index (κ3) is 5.32. The summed E-state index contributed by atoms with van der Waals surface area (Å²) in [5.41, 5.74) is 0. The molecule has 1 N–H and O–H groups in total. The van der Waals surface area contributed by atoms with Gasteiger partial charge in [-0.3, -0.25) is 9.48 Å². The van der Waals surface area contributed by atoms with Gasteiger partial charge in [-0.1, -0.05) is 19.8 Å². The number of carbonyl (C=O) groups is 1. The maximum Gasteiger partial charge on any atom is 0.260 e. The molecule has 1 heterocycles. The first-order valence-electron chi connectivity index (χ1n) is 7.03. The van der Waals surface area contributed by atoms with Gasteiger partial charge in [-0.05, 0) is 27.2 Å². The Morgan fingerprint density at radius 2 is 2.16 bits per heavy atom. The van der Waals surface area contributed by atoms with Gasteiger partial charge in [0.2, 0.25) is 0 Å². The van der Waals surface area contributed by atoms with Crippen molar-refractivity contribution in [1.82, 2.24) is 15.1 Å². The van der Waals surface area contributed by atoms with Crippen LogP contribution in [0.1, 0.15) is 53.0 Å². The predicted octanol–water partition coefficient (Wildman–Crippen LogP) is 2.54. The lowest BCUT2D eigenvalue weighted by atomic mass is 10.2. The first-order chi connectivity index (χ1) is 9.04. The minimum Gasteiger partial charge on any atom is -0.478 e. The summed E-state index contributed by atoms with van der Waals surface area (Å²) < 4.78 is 7.38. The van der Waals surface area contributed by atoms with Crippen LogP contribution in [0.25, 0.3) is 0 Å². The molecule has 5 heteroatoms. The fourth-order valence-corrected chi connectivity index (χ4v) is 1.65. The molecule has 19 heavy (non-hydrogen) atoms. The highest BCUT2D eigenvalue weighted by atomic mass is 16.5. The van der Waals surface area contributed by atoms with Gasteiger partial charge in [-0.2, -0.15) is 5.10 Å². The second-order valence-electron chi connectivity index (χ2n) is 5.01. The Bertz CT molecular complexity index is 388. The number of aromatic nitrogens is 2. The van der Waals surface area contributed by atoms with Crippen molar-refractivity contribution in [2.45, 2.75) is 59.1 Å². The lowest BCUT2D eigenvalue weighted by molar-refractivity contribution is -0.127. The van der Waals surface area contributed by atoms with Gasteiger partial charge in [0.1, 0.15) is 0 Å². The van der Waals surface area contributed by atoms with Crippen LogP contribution in [0, 0.1) is 0 Å². The Kier molecular flexibility index (Phi) is 6.39. The van der Waals surface area contributed by atoms with E-state index in [0.717, 1.165) is 19.3 Å². The van der Waals surface area contributed by atoms with E-state index in [1.807, 2.05) is 20.0 Å². The fraction of sp³-hybridized carbons (Fsp3) is 0.714. The van der Waals surface area contributed by atoms with Crippen molar-refractivity contribution >= 4 is 5.91 Å². The largest absolute Gasteiger partial charge is 0.478 e. The Morgan fingerprint density at radius 3 is 2.74 bits per heavy atom. The molecule has 0 aliphatic rings. The standard InChI is InChI=1S/C14H25N3O2/c1-5-6-7-8-15-14(18)12(4)19-13-9-16-17(10-13)11(2)3/h9-12H,5-8H2,1-4H3,(H,15,18). The van der Waals surface area contributed by atoms with E-state index >= 15 is 0 Å². The van der Waals surface area contributed by atoms with Crippen LogP contribution in [0.3, 0.4) is 0 Å². The van der Waals surface area contributed by atoms with E-state index < -0.39 is 6.10 Å². The molecule has 0 aliphatic carbocycles. The van der Waals surface area contributed by atoms with Crippen molar-refractivity contribution in [2.24, 2.45) is 0 Å². The summed E-state index contributed by atoms with van der Waals surface area (Å²) >= 11 is 0. The summed E-state index contributed by atoms with van der Waals surface area (Å²) in [7, 11) is 0. The van der Waals surface area contributed by atoms with Crippen LogP contribution < -0.4 is 10.1 Å². The molecule has 0 saturated heterocycles. The molecule has 5 nitrogen and oxygen atoms in total. The van der Waals surface area contributed by atoms with Crippen LogP contribution in [-0.2, 0) is 4.79 Å². The average molecular weight is 267 g/mol. The van der Waals surface area contributed by atoms with Crippen molar-refractivity contribution in [2.75, 3.05) is 6.54 Å². The highest BCUT2D eigenvalue weighted by molar-refractivity contribution is 5.80. The van der Waals surface area contributed by atoms with Crippen LogP contribution in [0.4, 0.5) is 0 Å². The Balaban J connectivity index is 2.36. The second kappa shape index (κ2) is 7.81. The molecular formula is C14H25N3O2. The van der Waals surface area contributed by atoms with Crippen LogP contribution in [-0.4, -0.2) is 28.3 Å². The van der Waals surface area contributed by atoms with Gasteiger partial charge in [0.15, 0.2) is 11.9 Å². The van der Waals surface area contributed by atoms with Crippen molar-refractivity contribution in [1.29, 1.82) is 0 Å². The summed E-state index contributed by atoms with van der Waals surface area (Å²) in [4.78, 5) is 11.8. The number of carbonyl (C=O) groups excluding carboxylic acids is 1. The van der Waals surface area contributed by atoms with Crippen LogP contribution in [0.2, 0.25) is 0 Å². The zero-order chi connectivity index (χ0) is 14.3. The third-order valence-electron chi connectivity index (χ3n) is 2.87. The van der Waals surface area contributed by atoms with E-state index in [1.165, 1.54) is 0 Å². The van der Waals surface area contributed by atoms with Gasteiger partial charge in [0, 0.05) is 12.6 Å². The quantitative estimate of drug-likeness (QED) is 0.736. The molecular weight excluding hydrogens is 242 g/mol. The molecule has 1 atom stereocenters. The van der Waals surface area contributed by atoms with Crippen molar-refractivity contribution in [3.63, 3.8) is 0 Å². The van der Waals surface area contributed by atoms with Gasteiger partial charge in [0.25, 0.3) is 5.91 Å².